The summed E-state index contributed by atoms with van der Waals surface area (Å²) < 4.78 is 1.42. The average Bonchev–Trinajstić information content (AvgIpc) is 2.82. The van der Waals surface area contributed by atoms with Gasteiger partial charge in [-0.25, -0.2) is 4.98 Å². The number of thiophene rings is 1. The molecule has 1 aliphatic carbocycles. The van der Waals surface area contributed by atoms with Crippen LogP contribution in [0.3, 0.4) is 0 Å². The smallest absolute Gasteiger partial charge is 0.283 e. The first-order valence-corrected chi connectivity index (χ1v) is 9.25. The van der Waals surface area contributed by atoms with Crippen LogP contribution in [0.25, 0.3) is 10.2 Å². The van der Waals surface area contributed by atoms with Gasteiger partial charge in [-0.15, -0.1) is 11.3 Å². The second-order valence-electron chi connectivity index (χ2n) is 7.96. The monoisotopic (exact) mass is 346 g/mol. The summed E-state index contributed by atoms with van der Waals surface area (Å²) in [6, 6.07) is 0. The van der Waals surface area contributed by atoms with Crippen molar-refractivity contribution in [2.24, 2.45) is 16.4 Å². The topological polar surface area (TPSA) is 50.5 Å². The molecule has 0 saturated heterocycles. The van der Waals surface area contributed by atoms with Crippen molar-refractivity contribution in [3.63, 3.8) is 0 Å². The minimum atomic E-state index is -0.0395. The molecule has 0 radical (unpaired) electrons. The van der Waals surface area contributed by atoms with Crippen LogP contribution in [0.4, 0.5) is 0 Å². The van der Waals surface area contributed by atoms with E-state index < -0.39 is 0 Å². The third-order valence-corrected chi connectivity index (χ3v) is 5.99. The van der Waals surface area contributed by atoms with Gasteiger partial charge < -0.3 is 4.90 Å². The maximum atomic E-state index is 13.0. The van der Waals surface area contributed by atoms with Gasteiger partial charge in [-0.2, -0.15) is 9.78 Å². The number of aryl methyl sites for hydroxylation is 2. The van der Waals surface area contributed by atoms with Crippen molar-refractivity contribution >= 4 is 27.9 Å². The van der Waals surface area contributed by atoms with Crippen molar-refractivity contribution in [2.75, 3.05) is 14.1 Å². The van der Waals surface area contributed by atoms with Crippen molar-refractivity contribution in [1.82, 2.24) is 14.6 Å². The van der Waals surface area contributed by atoms with Crippen LogP contribution >= 0.6 is 11.3 Å². The van der Waals surface area contributed by atoms with E-state index in [-0.39, 0.29) is 5.56 Å². The van der Waals surface area contributed by atoms with Gasteiger partial charge in [-0.05, 0) is 43.1 Å². The highest BCUT2D eigenvalue weighted by molar-refractivity contribution is 7.18. The molecular formula is C18H26N4OS. The summed E-state index contributed by atoms with van der Waals surface area (Å²) in [4.78, 5) is 21.7. The quantitative estimate of drug-likeness (QED) is 0.619. The molecule has 1 atom stereocenters. The summed E-state index contributed by atoms with van der Waals surface area (Å²) in [5.41, 5.74) is 1.47. The molecule has 0 aliphatic heterocycles. The van der Waals surface area contributed by atoms with E-state index in [1.807, 2.05) is 25.9 Å². The molecule has 2 aromatic heterocycles. The van der Waals surface area contributed by atoms with Crippen molar-refractivity contribution in [2.45, 2.75) is 47.0 Å². The van der Waals surface area contributed by atoms with Gasteiger partial charge in [-0.3, -0.25) is 4.79 Å². The summed E-state index contributed by atoms with van der Waals surface area (Å²) in [6.07, 6.45) is 4.79. The van der Waals surface area contributed by atoms with E-state index in [0.29, 0.717) is 17.2 Å². The third kappa shape index (κ3) is 2.99. The van der Waals surface area contributed by atoms with Crippen LogP contribution in [-0.2, 0) is 12.8 Å². The van der Waals surface area contributed by atoms with Gasteiger partial charge in [-0.1, -0.05) is 20.8 Å². The van der Waals surface area contributed by atoms with Crippen LogP contribution in [-0.4, -0.2) is 35.0 Å². The number of nitrogens with zero attached hydrogens (tertiary/aromatic N) is 4. The standard InChI is InChI=1S/C18H26N4OS/c1-11-20-16-15(17(23)22(11)19-10-21(5)6)13-8-7-12(18(2,3)4)9-14(13)24-16/h10,12H,7-9H2,1-6H3/t12-/m1/s1. The van der Waals surface area contributed by atoms with Crippen LogP contribution < -0.4 is 5.56 Å². The Morgan fingerprint density at radius 1 is 1.38 bits per heavy atom. The second kappa shape index (κ2) is 5.99. The summed E-state index contributed by atoms with van der Waals surface area (Å²) in [7, 11) is 3.77. The molecule has 0 fully saturated rings. The van der Waals surface area contributed by atoms with E-state index in [2.05, 4.69) is 30.9 Å². The van der Waals surface area contributed by atoms with E-state index in [1.165, 1.54) is 15.1 Å². The molecule has 5 nitrogen and oxygen atoms in total. The van der Waals surface area contributed by atoms with Gasteiger partial charge in [0, 0.05) is 19.0 Å². The zero-order valence-corrected chi connectivity index (χ0v) is 16.2. The van der Waals surface area contributed by atoms with Crippen molar-refractivity contribution in [3.8, 4) is 0 Å². The molecule has 2 aromatic rings. The Kier molecular flexibility index (Phi) is 4.28. The second-order valence-corrected chi connectivity index (χ2v) is 9.04. The number of fused-ring (bicyclic) bond motifs is 3. The lowest BCUT2D eigenvalue weighted by Gasteiger charge is -2.33. The molecule has 24 heavy (non-hydrogen) atoms. The zero-order valence-electron chi connectivity index (χ0n) is 15.4. The molecule has 0 saturated carbocycles. The minimum absolute atomic E-state index is 0.0395. The molecule has 2 heterocycles. The van der Waals surface area contributed by atoms with E-state index in [9.17, 15) is 4.79 Å². The van der Waals surface area contributed by atoms with E-state index in [4.69, 9.17) is 0 Å². The van der Waals surface area contributed by atoms with Crippen molar-refractivity contribution in [3.05, 3.63) is 26.6 Å². The maximum absolute atomic E-state index is 13.0. The number of rotatable bonds is 2. The number of aromatic nitrogens is 2. The lowest BCUT2D eigenvalue weighted by Crippen LogP contribution is -2.27. The van der Waals surface area contributed by atoms with Crippen LogP contribution in [0.2, 0.25) is 0 Å². The highest BCUT2D eigenvalue weighted by Gasteiger charge is 2.31. The summed E-state index contributed by atoms with van der Waals surface area (Å²) in [5.74, 6) is 1.30. The lowest BCUT2D eigenvalue weighted by molar-refractivity contribution is 0.218. The molecular weight excluding hydrogens is 320 g/mol. The first-order valence-electron chi connectivity index (χ1n) is 8.43. The average molecular weight is 347 g/mol. The van der Waals surface area contributed by atoms with Gasteiger partial charge in [0.25, 0.3) is 5.56 Å². The van der Waals surface area contributed by atoms with Gasteiger partial charge in [0.2, 0.25) is 0 Å². The Morgan fingerprint density at radius 3 is 2.71 bits per heavy atom. The number of hydrogen-bond donors (Lipinski definition) is 0. The zero-order chi connectivity index (χ0) is 17.6. The summed E-state index contributed by atoms with van der Waals surface area (Å²) in [5, 5.41) is 5.07. The molecule has 6 heteroatoms. The Bertz CT molecular complexity index is 854. The normalized spacial score (nSPS) is 18.3. The lowest BCUT2D eigenvalue weighted by atomic mass is 9.72. The van der Waals surface area contributed by atoms with Gasteiger partial charge in [0.05, 0.1) is 5.39 Å². The first-order chi connectivity index (χ1) is 11.2. The largest absolute Gasteiger partial charge is 0.367 e. The number of hydrogen-bond acceptors (Lipinski definition) is 4. The molecule has 0 bridgehead atoms. The fourth-order valence-electron chi connectivity index (χ4n) is 3.35. The van der Waals surface area contributed by atoms with Gasteiger partial charge in [0.1, 0.15) is 17.0 Å². The van der Waals surface area contributed by atoms with Crippen LogP contribution in [0, 0.1) is 18.3 Å². The predicted octanol–water partition coefficient (Wildman–Crippen LogP) is 3.27. The van der Waals surface area contributed by atoms with Crippen LogP contribution in [0.15, 0.2) is 9.90 Å². The molecule has 130 valence electrons. The predicted molar refractivity (Wildman–Crippen MR) is 101 cm³/mol. The van der Waals surface area contributed by atoms with E-state index >= 15 is 0 Å². The third-order valence-electron chi connectivity index (χ3n) is 4.85. The summed E-state index contributed by atoms with van der Waals surface area (Å²) in [6.45, 7) is 8.76. The highest BCUT2D eigenvalue weighted by Crippen LogP contribution is 2.42. The van der Waals surface area contributed by atoms with Crippen molar-refractivity contribution < 1.29 is 0 Å². The maximum Gasteiger partial charge on any atom is 0.283 e. The van der Waals surface area contributed by atoms with E-state index in [0.717, 1.165) is 29.5 Å². The Balaban J connectivity index is 2.12. The van der Waals surface area contributed by atoms with Crippen molar-refractivity contribution in [1.29, 1.82) is 0 Å². The molecule has 0 N–H and O–H groups in total. The van der Waals surface area contributed by atoms with Crippen LogP contribution in [0.5, 0.6) is 0 Å². The Hall–Kier alpha value is -1.69. The van der Waals surface area contributed by atoms with Gasteiger partial charge in [0.15, 0.2) is 0 Å². The Labute approximate surface area is 147 Å². The molecule has 0 aromatic carbocycles. The molecule has 3 rings (SSSR count). The van der Waals surface area contributed by atoms with Gasteiger partial charge >= 0.3 is 0 Å². The highest BCUT2D eigenvalue weighted by atomic mass is 32.1. The fourth-order valence-corrected chi connectivity index (χ4v) is 4.68. The van der Waals surface area contributed by atoms with Crippen LogP contribution in [0.1, 0.15) is 43.5 Å². The molecule has 0 unspecified atom stereocenters. The molecule has 0 amide bonds. The molecule has 1 aliphatic rings. The fraction of sp³-hybridized carbons (Fsp3) is 0.611. The first kappa shape index (κ1) is 17.1. The Morgan fingerprint density at radius 2 is 2.08 bits per heavy atom. The SMILES string of the molecule is Cc1nc2sc3c(c2c(=O)n1N=CN(C)C)CC[C@@H](C(C)(C)C)C3. The van der Waals surface area contributed by atoms with E-state index in [1.54, 1.807) is 17.7 Å². The minimum Gasteiger partial charge on any atom is -0.367 e. The summed E-state index contributed by atoms with van der Waals surface area (Å²) >= 11 is 1.69. The molecule has 0 spiro atoms.